The lowest BCUT2D eigenvalue weighted by molar-refractivity contribution is 0.0631. The minimum Gasteiger partial charge on any atom is -0.381 e. The van der Waals surface area contributed by atoms with Crippen LogP contribution in [0.4, 0.5) is 0 Å². The highest BCUT2D eigenvalue weighted by molar-refractivity contribution is 4.79. The van der Waals surface area contributed by atoms with Gasteiger partial charge >= 0.3 is 0 Å². The van der Waals surface area contributed by atoms with Crippen molar-refractivity contribution in [3.8, 4) is 0 Å². The summed E-state index contributed by atoms with van der Waals surface area (Å²) >= 11 is 0. The van der Waals surface area contributed by atoms with Crippen LogP contribution < -0.4 is 5.32 Å². The second-order valence-electron chi connectivity index (χ2n) is 5.99. The van der Waals surface area contributed by atoms with E-state index in [1.54, 1.807) is 0 Å². The Morgan fingerprint density at radius 3 is 2.53 bits per heavy atom. The maximum atomic E-state index is 5.39. The van der Waals surface area contributed by atoms with Gasteiger partial charge in [-0.25, -0.2) is 0 Å². The molecule has 1 heterocycles. The van der Waals surface area contributed by atoms with Crippen LogP contribution in [0.15, 0.2) is 0 Å². The molecule has 1 atom stereocenters. The first-order valence-electron chi connectivity index (χ1n) is 7.67. The molecule has 0 aromatic carbocycles. The van der Waals surface area contributed by atoms with Gasteiger partial charge in [-0.1, -0.05) is 19.3 Å². The monoisotopic (exact) mass is 239 g/mol. The third-order valence-electron chi connectivity index (χ3n) is 4.70. The summed E-state index contributed by atoms with van der Waals surface area (Å²) in [5.41, 5.74) is 0. The van der Waals surface area contributed by atoms with Gasteiger partial charge in [0.1, 0.15) is 0 Å². The third-order valence-corrected chi connectivity index (χ3v) is 4.70. The van der Waals surface area contributed by atoms with Crippen LogP contribution in [0.3, 0.4) is 0 Å². The lowest BCUT2D eigenvalue weighted by atomic mass is 9.80. The predicted octanol–water partition coefficient (Wildman–Crippen LogP) is 3.36. The molecule has 0 amide bonds. The molecule has 17 heavy (non-hydrogen) atoms. The van der Waals surface area contributed by atoms with E-state index in [0.717, 1.165) is 31.1 Å². The molecule has 0 radical (unpaired) electrons. The fourth-order valence-corrected chi connectivity index (χ4v) is 3.03. The number of ether oxygens (including phenoxy) is 1. The molecule has 0 bridgehead atoms. The van der Waals surface area contributed by atoms with Crippen LogP contribution in [0.2, 0.25) is 0 Å². The number of rotatable bonds is 7. The van der Waals surface area contributed by atoms with Gasteiger partial charge in [0.25, 0.3) is 0 Å². The Labute approximate surface area is 107 Å². The van der Waals surface area contributed by atoms with Gasteiger partial charge in [0.2, 0.25) is 0 Å². The maximum Gasteiger partial charge on any atom is 0.0468 e. The maximum absolute atomic E-state index is 5.39. The Kier molecular flexibility index (Phi) is 5.79. The van der Waals surface area contributed by atoms with Gasteiger partial charge < -0.3 is 10.1 Å². The fourth-order valence-electron chi connectivity index (χ4n) is 3.03. The molecule has 1 aliphatic heterocycles. The van der Waals surface area contributed by atoms with Crippen LogP contribution in [0.5, 0.6) is 0 Å². The van der Waals surface area contributed by atoms with Crippen molar-refractivity contribution in [3.05, 3.63) is 0 Å². The summed E-state index contributed by atoms with van der Waals surface area (Å²) in [6.45, 7) is 5.59. The van der Waals surface area contributed by atoms with Gasteiger partial charge in [0.05, 0.1) is 0 Å². The highest BCUT2D eigenvalue weighted by atomic mass is 16.5. The summed E-state index contributed by atoms with van der Waals surface area (Å²) in [6, 6.07) is 0.756. The summed E-state index contributed by atoms with van der Waals surface area (Å²) in [5, 5.41) is 3.70. The number of hydrogen-bond acceptors (Lipinski definition) is 2. The van der Waals surface area contributed by atoms with Crippen molar-refractivity contribution in [1.29, 1.82) is 0 Å². The lowest BCUT2D eigenvalue weighted by Crippen LogP contribution is -2.37. The standard InChI is InChI=1S/C15H29NO/c1-13(15-6-4-7-15)16-10-3-2-5-14-8-11-17-12-9-14/h13-16H,2-12H2,1H3. The normalized spacial score (nSPS) is 24.5. The summed E-state index contributed by atoms with van der Waals surface area (Å²) < 4.78 is 5.39. The van der Waals surface area contributed by atoms with Gasteiger partial charge in [-0.05, 0) is 57.4 Å². The van der Waals surface area contributed by atoms with Crippen LogP contribution in [-0.2, 0) is 4.74 Å². The van der Waals surface area contributed by atoms with Gasteiger partial charge in [-0.15, -0.1) is 0 Å². The van der Waals surface area contributed by atoms with E-state index in [2.05, 4.69) is 12.2 Å². The summed E-state index contributed by atoms with van der Waals surface area (Å²) in [4.78, 5) is 0. The first-order valence-corrected chi connectivity index (χ1v) is 7.67. The van der Waals surface area contributed by atoms with Gasteiger partial charge in [0.15, 0.2) is 0 Å². The van der Waals surface area contributed by atoms with Crippen molar-refractivity contribution in [2.45, 2.75) is 64.3 Å². The summed E-state index contributed by atoms with van der Waals surface area (Å²) in [5.74, 6) is 1.93. The molecule has 0 aromatic heterocycles. The molecule has 1 aliphatic carbocycles. The SMILES string of the molecule is CC(NCCCCC1CCOCC1)C1CCC1. The van der Waals surface area contributed by atoms with E-state index in [-0.39, 0.29) is 0 Å². The predicted molar refractivity (Wildman–Crippen MR) is 72.2 cm³/mol. The average Bonchev–Trinajstić information content (AvgIpc) is 2.27. The second kappa shape index (κ2) is 7.38. The highest BCUT2D eigenvalue weighted by Gasteiger charge is 2.23. The Bertz CT molecular complexity index is 193. The summed E-state index contributed by atoms with van der Waals surface area (Å²) in [6.07, 6.45) is 11.1. The third kappa shape index (κ3) is 4.59. The molecular formula is C15H29NO. The Balaban J connectivity index is 1.42. The van der Waals surface area contributed by atoms with Crippen molar-refractivity contribution in [2.75, 3.05) is 19.8 Å². The van der Waals surface area contributed by atoms with Crippen molar-refractivity contribution >= 4 is 0 Å². The largest absolute Gasteiger partial charge is 0.381 e. The van der Waals surface area contributed by atoms with Crippen molar-refractivity contribution in [2.24, 2.45) is 11.8 Å². The fraction of sp³-hybridized carbons (Fsp3) is 1.00. The van der Waals surface area contributed by atoms with Crippen LogP contribution in [-0.4, -0.2) is 25.8 Å². The molecule has 100 valence electrons. The highest BCUT2D eigenvalue weighted by Crippen LogP contribution is 2.29. The molecule has 2 heteroatoms. The number of unbranched alkanes of at least 4 members (excludes halogenated alkanes) is 1. The molecule has 0 aromatic rings. The Morgan fingerprint density at radius 2 is 1.88 bits per heavy atom. The summed E-state index contributed by atoms with van der Waals surface area (Å²) in [7, 11) is 0. The molecule has 2 nitrogen and oxygen atoms in total. The molecule has 2 aliphatic rings. The number of hydrogen-bond donors (Lipinski definition) is 1. The second-order valence-corrected chi connectivity index (χ2v) is 5.99. The Morgan fingerprint density at radius 1 is 1.12 bits per heavy atom. The van der Waals surface area contributed by atoms with Crippen molar-refractivity contribution in [1.82, 2.24) is 5.32 Å². The van der Waals surface area contributed by atoms with E-state index < -0.39 is 0 Å². The molecule has 1 unspecified atom stereocenters. The minimum atomic E-state index is 0.756. The first-order chi connectivity index (χ1) is 8.36. The molecule has 1 N–H and O–H groups in total. The van der Waals surface area contributed by atoms with E-state index in [1.165, 1.54) is 57.9 Å². The molecule has 1 saturated carbocycles. The van der Waals surface area contributed by atoms with Crippen molar-refractivity contribution in [3.63, 3.8) is 0 Å². The first kappa shape index (κ1) is 13.4. The van der Waals surface area contributed by atoms with Crippen molar-refractivity contribution < 1.29 is 4.74 Å². The van der Waals surface area contributed by atoms with Crippen LogP contribution in [0.1, 0.15) is 58.3 Å². The molecule has 0 spiro atoms. The van der Waals surface area contributed by atoms with E-state index in [1.807, 2.05) is 0 Å². The lowest BCUT2D eigenvalue weighted by Gasteiger charge is -2.32. The topological polar surface area (TPSA) is 21.3 Å². The molecule has 2 rings (SSSR count). The quantitative estimate of drug-likeness (QED) is 0.688. The van der Waals surface area contributed by atoms with Crippen LogP contribution >= 0.6 is 0 Å². The van der Waals surface area contributed by atoms with Gasteiger partial charge in [-0.2, -0.15) is 0 Å². The molecular weight excluding hydrogens is 210 g/mol. The van der Waals surface area contributed by atoms with E-state index in [0.29, 0.717) is 0 Å². The van der Waals surface area contributed by atoms with E-state index >= 15 is 0 Å². The zero-order valence-corrected chi connectivity index (χ0v) is 11.4. The van der Waals surface area contributed by atoms with E-state index in [9.17, 15) is 0 Å². The van der Waals surface area contributed by atoms with E-state index in [4.69, 9.17) is 4.74 Å². The number of nitrogens with one attached hydrogen (secondary N) is 1. The van der Waals surface area contributed by atoms with Gasteiger partial charge in [0, 0.05) is 19.3 Å². The average molecular weight is 239 g/mol. The smallest absolute Gasteiger partial charge is 0.0468 e. The zero-order chi connectivity index (χ0) is 11.9. The molecule has 2 fully saturated rings. The van der Waals surface area contributed by atoms with Crippen LogP contribution in [0, 0.1) is 11.8 Å². The zero-order valence-electron chi connectivity index (χ0n) is 11.4. The van der Waals surface area contributed by atoms with Crippen LogP contribution in [0.25, 0.3) is 0 Å². The minimum absolute atomic E-state index is 0.756. The Hall–Kier alpha value is -0.0800. The molecule has 1 saturated heterocycles. The van der Waals surface area contributed by atoms with Gasteiger partial charge in [-0.3, -0.25) is 0 Å².